The molecule has 0 saturated carbocycles. The van der Waals surface area contributed by atoms with Gasteiger partial charge in [-0.2, -0.15) is 0 Å². The Labute approximate surface area is 90.6 Å². The van der Waals surface area contributed by atoms with Crippen molar-refractivity contribution in [3.63, 3.8) is 0 Å². The highest BCUT2D eigenvalue weighted by Crippen LogP contribution is 2.12. The van der Waals surface area contributed by atoms with Gasteiger partial charge in [-0.1, -0.05) is 37.9 Å². The fraction of sp³-hybridized carbons (Fsp3) is 0.600. The molecular formula is C10H18ClNO2. The van der Waals surface area contributed by atoms with Gasteiger partial charge in [-0.3, -0.25) is 5.41 Å². The molecular weight excluding hydrogens is 202 g/mol. The standard InChI is InChI=1S/C8H12ClNO2.C2H6/c1-4-5(2)6(7(9)10)8(11)12-3;1-2/h10H,4H2,1-3H3;1-2H3/b6-5-,10-7?;. The second-order valence-electron chi connectivity index (χ2n) is 2.31. The quantitative estimate of drug-likeness (QED) is 0.451. The smallest absolute Gasteiger partial charge is 0.340 e. The SMILES string of the molecule is CC.CC/C(C)=C(/C(=N)Cl)C(=O)OC. The van der Waals surface area contributed by atoms with Gasteiger partial charge in [-0.15, -0.1) is 0 Å². The van der Waals surface area contributed by atoms with Crippen molar-refractivity contribution in [2.45, 2.75) is 34.1 Å². The zero-order valence-electron chi connectivity index (χ0n) is 9.40. The summed E-state index contributed by atoms with van der Waals surface area (Å²) in [7, 11) is 1.27. The topological polar surface area (TPSA) is 50.2 Å². The van der Waals surface area contributed by atoms with Gasteiger partial charge in [0.05, 0.1) is 12.7 Å². The molecule has 0 rings (SSSR count). The van der Waals surface area contributed by atoms with Crippen LogP contribution in [0.4, 0.5) is 0 Å². The zero-order chi connectivity index (χ0) is 11.7. The van der Waals surface area contributed by atoms with Crippen molar-refractivity contribution in [1.82, 2.24) is 0 Å². The van der Waals surface area contributed by atoms with E-state index in [1.807, 2.05) is 20.8 Å². The zero-order valence-corrected chi connectivity index (χ0v) is 10.2. The van der Waals surface area contributed by atoms with E-state index >= 15 is 0 Å². The highest BCUT2D eigenvalue weighted by Gasteiger charge is 2.15. The molecule has 3 nitrogen and oxygen atoms in total. The van der Waals surface area contributed by atoms with E-state index in [9.17, 15) is 4.79 Å². The number of hydrogen-bond donors (Lipinski definition) is 1. The molecule has 0 radical (unpaired) electrons. The number of esters is 1. The van der Waals surface area contributed by atoms with Crippen molar-refractivity contribution >= 4 is 22.7 Å². The summed E-state index contributed by atoms with van der Waals surface area (Å²) in [5, 5.41) is 6.86. The van der Waals surface area contributed by atoms with Crippen LogP contribution in [0, 0.1) is 5.41 Å². The van der Waals surface area contributed by atoms with Crippen LogP contribution in [0.5, 0.6) is 0 Å². The normalized spacial score (nSPS) is 10.7. The summed E-state index contributed by atoms with van der Waals surface area (Å²) < 4.78 is 4.47. The lowest BCUT2D eigenvalue weighted by Gasteiger charge is -2.05. The van der Waals surface area contributed by atoms with Crippen molar-refractivity contribution in [3.05, 3.63) is 11.1 Å². The number of rotatable bonds is 3. The van der Waals surface area contributed by atoms with E-state index in [-0.39, 0.29) is 10.7 Å². The minimum absolute atomic E-state index is 0.168. The van der Waals surface area contributed by atoms with Crippen molar-refractivity contribution < 1.29 is 9.53 Å². The second kappa shape index (κ2) is 8.75. The summed E-state index contributed by atoms with van der Waals surface area (Å²) in [6.45, 7) is 7.64. The molecule has 0 fully saturated rings. The van der Waals surface area contributed by atoms with Crippen molar-refractivity contribution in [2.75, 3.05) is 7.11 Å². The van der Waals surface area contributed by atoms with Crippen LogP contribution < -0.4 is 0 Å². The summed E-state index contributed by atoms with van der Waals surface area (Å²) in [4.78, 5) is 11.0. The second-order valence-corrected chi connectivity index (χ2v) is 2.69. The molecule has 0 bridgehead atoms. The van der Waals surface area contributed by atoms with Gasteiger partial charge in [-0.25, -0.2) is 4.79 Å². The lowest BCUT2D eigenvalue weighted by atomic mass is 10.1. The van der Waals surface area contributed by atoms with E-state index in [0.717, 1.165) is 5.57 Å². The number of hydrogen-bond acceptors (Lipinski definition) is 3. The number of allylic oxidation sites excluding steroid dienone is 1. The Morgan fingerprint density at radius 3 is 2.07 bits per heavy atom. The van der Waals surface area contributed by atoms with Crippen LogP contribution in [0.25, 0.3) is 0 Å². The van der Waals surface area contributed by atoms with Gasteiger partial charge in [0.1, 0.15) is 5.17 Å². The number of ether oxygens (including phenoxy) is 1. The molecule has 1 N–H and O–H groups in total. The first-order chi connectivity index (χ1) is 6.54. The third-order valence-electron chi connectivity index (χ3n) is 1.57. The van der Waals surface area contributed by atoms with Crippen LogP contribution in [0.3, 0.4) is 0 Å². The maximum absolute atomic E-state index is 11.0. The average Bonchev–Trinajstić information content (AvgIpc) is 2.20. The van der Waals surface area contributed by atoms with Crippen LogP contribution in [-0.4, -0.2) is 18.2 Å². The van der Waals surface area contributed by atoms with E-state index < -0.39 is 5.97 Å². The fourth-order valence-corrected chi connectivity index (χ4v) is 0.968. The number of methoxy groups -OCH3 is 1. The lowest BCUT2D eigenvalue weighted by molar-refractivity contribution is -0.135. The van der Waals surface area contributed by atoms with Gasteiger partial charge >= 0.3 is 5.97 Å². The Bertz CT molecular complexity index is 234. The minimum Gasteiger partial charge on any atom is -0.465 e. The van der Waals surface area contributed by atoms with Gasteiger partial charge in [0, 0.05) is 0 Å². The van der Waals surface area contributed by atoms with Gasteiger partial charge in [0.25, 0.3) is 0 Å². The first kappa shape index (κ1) is 15.6. The Hall–Kier alpha value is -0.830. The number of carbonyl (C=O) groups is 1. The molecule has 0 aliphatic carbocycles. The summed E-state index contributed by atoms with van der Waals surface area (Å²) in [6.07, 6.45) is 0.680. The average molecular weight is 220 g/mol. The maximum Gasteiger partial charge on any atom is 0.340 e. The van der Waals surface area contributed by atoms with E-state index in [1.165, 1.54) is 7.11 Å². The number of nitrogens with one attached hydrogen (secondary N) is 1. The van der Waals surface area contributed by atoms with Crippen LogP contribution in [0.15, 0.2) is 11.1 Å². The van der Waals surface area contributed by atoms with Crippen LogP contribution in [0.2, 0.25) is 0 Å². The molecule has 14 heavy (non-hydrogen) atoms. The largest absolute Gasteiger partial charge is 0.465 e. The maximum atomic E-state index is 11.0. The van der Waals surface area contributed by atoms with Gasteiger partial charge in [-0.05, 0) is 13.3 Å². The lowest BCUT2D eigenvalue weighted by Crippen LogP contribution is -2.11. The number of halogens is 1. The molecule has 0 aromatic rings. The van der Waals surface area contributed by atoms with E-state index in [0.29, 0.717) is 6.42 Å². The van der Waals surface area contributed by atoms with Crippen LogP contribution >= 0.6 is 11.6 Å². The molecule has 0 spiro atoms. The minimum atomic E-state index is -0.547. The molecule has 0 aliphatic heterocycles. The summed E-state index contributed by atoms with van der Waals surface area (Å²) in [5.41, 5.74) is 0.934. The Kier molecular flexibility index (Phi) is 9.78. The summed E-state index contributed by atoms with van der Waals surface area (Å²) >= 11 is 5.42. The molecule has 0 aromatic carbocycles. The Balaban J connectivity index is 0. The third kappa shape index (κ3) is 5.02. The van der Waals surface area contributed by atoms with Crippen molar-refractivity contribution in [2.24, 2.45) is 0 Å². The molecule has 0 aliphatic rings. The fourth-order valence-electron chi connectivity index (χ4n) is 0.730. The number of carbonyl (C=O) groups excluding carboxylic acids is 1. The first-order valence-electron chi connectivity index (χ1n) is 4.57. The first-order valence-corrected chi connectivity index (χ1v) is 4.94. The molecule has 82 valence electrons. The van der Waals surface area contributed by atoms with E-state index in [4.69, 9.17) is 17.0 Å². The monoisotopic (exact) mass is 219 g/mol. The van der Waals surface area contributed by atoms with Crippen LogP contribution in [0.1, 0.15) is 34.1 Å². The predicted molar refractivity (Wildman–Crippen MR) is 59.9 cm³/mol. The highest BCUT2D eigenvalue weighted by molar-refractivity contribution is 6.71. The van der Waals surface area contributed by atoms with Crippen LogP contribution in [-0.2, 0) is 9.53 Å². The van der Waals surface area contributed by atoms with E-state index in [1.54, 1.807) is 6.92 Å². The van der Waals surface area contributed by atoms with Gasteiger partial charge < -0.3 is 4.74 Å². The van der Waals surface area contributed by atoms with E-state index in [2.05, 4.69) is 4.74 Å². The highest BCUT2D eigenvalue weighted by atomic mass is 35.5. The molecule has 0 heterocycles. The van der Waals surface area contributed by atoms with Crippen molar-refractivity contribution in [1.29, 1.82) is 5.41 Å². The Morgan fingerprint density at radius 2 is 1.86 bits per heavy atom. The molecule has 4 heteroatoms. The molecule has 0 unspecified atom stereocenters. The summed E-state index contributed by atoms with van der Waals surface area (Å²) in [6, 6.07) is 0. The Morgan fingerprint density at radius 1 is 1.43 bits per heavy atom. The molecule has 0 atom stereocenters. The van der Waals surface area contributed by atoms with Gasteiger partial charge in [0.15, 0.2) is 0 Å². The van der Waals surface area contributed by atoms with Crippen molar-refractivity contribution in [3.8, 4) is 0 Å². The molecule has 0 amide bonds. The summed E-state index contributed by atoms with van der Waals surface area (Å²) in [5.74, 6) is -0.547. The molecule has 0 aromatic heterocycles. The molecule has 0 saturated heterocycles. The third-order valence-corrected chi connectivity index (χ3v) is 1.76. The van der Waals surface area contributed by atoms with Gasteiger partial charge in [0.2, 0.25) is 0 Å². The predicted octanol–water partition coefficient (Wildman–Crippen LogP) is 3.13.